The fourth-order valence-electron chi connectivity index (χ4n) is 3.46. The number of halogens is 1. The Balaban J connectivity index is 1.63. The Morgan fingerprint density at radius 2 is 2.05 bits per heavy atom. The molecule has 2 heterocycles. The maximum atomic E-state index is 12.7. The largest absolute Gasteiger partial charge is 0.349 e. The quantitative estimate of drug-likeness (QED) is 0.896. The normalized spacial score (nSPS) is 25.7. The average molecular weight is 304 g/mol. The number of likely N-dealkylation sites (tertiary alicyclic amines) is 1. The molecule has 1 saturated heterocycles. The number of benzene rings is 1. The van der Waals surface area contributed by atoms with Gasteiger partial charge < -0.3 is 15.6 Å². The predicted molar refractivity (Wildman–Crippen MR) is 83.4 cm³/mol. The Bertz CT molecular complexity index is 707. The molecule has 2 atom stereocenters. The number of nitrogens with one attached hydrogen (secondary N) is 1. The fraction of sp³-hybridized carbons (Fsp3) is 0.438. The summed E-state index contributed by atoms with van der Waals surface area (Å²) in [6, 6.07) is 7.81. The molecule has 4 rings (SSSR count). The minimum Gasteiger partial charge on any atom is -0.349 e. The molecule has 1 saturated carbocycles. The summed E-state index contributed by atoms with van der Waals surface area (Å²) in [4.78, 5) is 17.7. The Labute approximate surface area is 128 Å². The first-order valence-corrected chi connectivity index (χ1v) is 7.84. The third kappa shape index (κ3) is 2.14. The molecule has 1 aromatic carbocycles. The van der Waals surface area contributed by atoms with Gasteiger partial charge in [-0.1, -0.05) is 29.8 Å². The number of nitrogens with two attached hydrogens (primary N) is 1. The number of aromatic amines is 1. The van der Waals surface area contributed by atoms with E-state index in [2.05, 4.69) is 4.98 Å². The molecular weight excluding hydrogens is 286 g/mol. The fourth-order valence-corrected chi connectivity index (χ4v) is 3.75. The lowest BCUT2D eigenvalue weighted by atomic mass is 9.99. The zero-order valence-electron chi connectivity index (χ0n) is 11.7. The molecule has 4 nitrogen and oxygen atoms in total. The highest BCUT2D eigenvalue weighted by Gasteiger charge is 2.42. The molecule has 2 aliphatic rings. The smallest absolute Gasteiger partial charge is 0.271 e. The summed E-state index contributed by atoms with van der Waals surface area (Å²) in [7, 11) is 0. The summed E-state index contributed by atoms with van der Waals surface area (Å²) in [6.07, 6.45) is 2.51. The molecule has 0 bridgehead atoms. The van der Waals surface area contributed by atoms with Crippen LogP contribution in [-0.2, 0) is 0 Å². The highest BCUT2D eigenvalue weighted by Crippen LogP contribution is 2.41. The zero-order chi connectivity index (χ0) is 14.6. The molecule has 3 N–H and O–H groups in total. The van der Waals surface area contributed by atoms with E-state index in [9.17, 15) is 4.79 Å². The Kier molecular flexibility index (Phi) is 2.98. The molecule has 1 aliphatic heterocycles. The third-order valence-electron chi connectivity index (χ3n) is 4.78. The molecule has 21 heavy (non-hydrogen) atoms. The monoisotopic (exact) mass is 303 g/mol. The molecule has 110 valence electrons. The van der Waals surface area contributed by atoms with Gasteiger partial charge in [0, 0.05) is 30.0 Å². The van der Waals surface area contributed by atoms with Gasteiger partial charge in [-0.2, -0.15) is 0 Å². The molecule has 2 fully saturated rings. The summed E-state index contributed by atoms with van der Waals surface area (Å²) in [5, 5.41) is 1.41. The highest BCUT2D eigenvalue weighted by atomic mass is 35.5. The van der Waals surface area contributed by atoms with Crippen molar-refractivity contribution in [2.45, 2.75) is 18.9 Å². The number of amides is 1. The maximum absolute atomic E-state index is 12.7. The molecule has 0 radical (unpaired) electrons. The number of carbonyl (C=O) groups is 1. The van der Waals surface area contributed by atoms with Gasteiger partial charge in [0.25, 0.3) is 5.91 Å². The van der Waals surface area contributed by atoms with Gasteiger partial charge in [-0.15, -0.1) is 0 Å². The standard InChI is InChI=1S/C16H18ClN3O/c17-14-10-3-1-2-4-13(10)19-15(14)16(21)20-7-11(9-5-6-9)12(18)8-20/h1-4,9,11-12,19H,5-8,18H2/t11-,12+/m1/s1. The first-order chi connectivity index (χ1) is 10.1. The molecule has 2 aromatic rings. The predicted octanol–water partition coefficient (Wildman–Crippen LogP) is 2.63. The van der Waals surface area contributed by atoms with Gasteiger partial charge in [-0.25, -0.2) is 0 Å². The van der Waals surface area contributed by atoms with E-state index >= 15 is 0 Å². The van der Waals surface area contributed by atoms with Crippen molar-refractivity contribution in [1.29, 1.82) is 0 Å². The number of nitrogens with zero attached hydrogens (tertiary/aromatic N) is 1. The number of carbonyl (C=O) groups excluding carboxylic acids is 1. The number of hydrogen-bond donors (Lipinski definition) is 2. The van der Waals surface area contributed by atoms with Crippen molar-refractivity contribution >= 4 is 28.4 Å². The van der Waals surface area contributed by atoms with Crippen LogP contribution in [0.3, 0.4) is 0 Å². The van der Waals surface area contributed by atoms with Gasteiger partial charge in [0.15, 0.2) is 0 Å². The van der Waals surface area contributed by atoms with Crippen molar-refractivity contribution in [2.75, 3.05) is 13.1 Å². The molecule has 0 unspecified atom stereocenters. The van der Waals surface area contributed by atoms with Crippen molar-refractivity contribution in [3.8, 4) is 0 Å². The van der Waals surface area contributed by atoms with Crippen LogP contribution >= 0.6 is 11.6 Å². The van der Waals surface area contributed by atoms with Crippen molar-refractivity contribution in [3.63, 3.8) is 0 Å². The average Bonchev–Trinajstić information content (AvgIpc) is 3.18. The summed E-state index contributed by atoms with van der Waals surface area (Å²) >= 11 is 6.37. The first-order valence-electron chi connectivity index (χ1n) is 7.46. The van der Waals surface area contributed by atoms with Crippen LogP contribution in [0.25, 0.3) is 10.9 Å². The SMILES string of the molecule is N[C@H]1CN(C(=O)c2[nH]c3ccccc3c2Cl)C[C@@H]1C1CC1. The number of para-hydroxylation sites is 1. The number of hydrogen-bond acceptors (Lipinski definition) is 2. The molecule has 1 aromatic heterocycles. The van der Waals surface area contributed by atoms with Crippen LogP contribution in [0.4, 0.5) is 0 Å². The van der Waals surface area contributed by atoms with Crippen LogP contribution in [-0.4, -0.2) is 34.9 Å². The van der Waals surface area contributed by atoms with Crippen LogP contribution in [0.1, 0.15) is 23.3 Å². The summed E-state index contributed by atoms with van der Waals surface area (Å²) in [6.45, 7) is 1.39. The third-order valence-corrected chi connectivity index (χ3v) is 5.18. The topological polar surface area (TPSA) is 62.1 Å². The van der Waals surface area contributed by atoms with Gasteiger partial charge >= 0.3 is 0 Å². The molecule has 1 amide bonds. The number of aromatic nitrogens is 1. The number of H-pyrrole nitrogens is 1. The number of fused-ring (bicyclic) bond motifs is 1. The lowest BCUT2D eigenvalue weighted by molar-refractivity contribution is 0.0780. The zero-order valence-corrected chi connectivity index (χ0v) is 12.4. The summed E-state index contributed by atoms with van der Waals surface area (Å²) in [5.74, 6) is 1.14. The Hall–Kier alpha value is -1.52. The number of rotatable bonds is 2. The van der Waals surface area contributed by atoms with Crippen molar-refractivity contribution < 1.29 is 4.79 Å². The van der Waals surface area contributed by atoms with Crippen LogP contribution in [0, 0.1) is 11.8 Å². The second-order valence-corrected chi connectivity index (χ2v) is 6.61. The molecular formula is C16H18ClN3O. The van der Waals surface area contributed by atoms with Gasteiger partial charge in [-0.3, -0.25) is 4.79 Å². The van der Waals surface area contributed by atoms with Crippen molar-refractivity contribution in [2.24, 2.45) is 17.6 Å². The minimum atomic E-state index is -0.0326. The Morgan fingerprint density at radius 1 is 1.29 bits per heavy atom. The van der Waals surface area contributed by atoms with Crippen LogP contribution in [0.2, 0.25) is 5.02 Å². The Morgan fingerprint density at radius 3 is 2.76 bits per heavy atom. The molecule has 1 aliphatic carbocycles. The lowest BCUT2D eigenvalue weighted by Gasteiger charge is -2.15. The molecule has 0 spiro atoms. The van der Waals surface area contributed by atoms with Crippen LogP contribution in [0.15, 0.2) is 24.3 Å². The minimum absolute atomic E-state index is 0.0326. The summed E-state index contributed by atoms with van der Waals surface area (Å²) in [5.41, 5.74) is 7.59. The van der Waals surface area contributed by atoms with Crippen molar-refractivity contribution in [3.05, 3.63) is 35.0 Å². The van der Waals surface area contributed by atoms with Crippen LogP contribution < -0.4 is 5.73 Å². The van der Waals surface area contributed by atoms with Gasteiger partial charge in [0.1, 0.15) is 5.69 Å². The molecule has 5 heteroatoms. The van der Waals surface area contributed by atoms with E-state index in [1.807, 2.05) is 29.2 Å². The van der Waals surface area contributed by atoms with E-state index in [1.54, 1.807) is 0 Å². The van der Waals surface area contributed by atoms with E-state index in [1.165, 1.54) is 12.8 Å². The maximum Gasteiger partial charge on any atom is 0.271 e. The lowest BCUT2D eigenvalue weighted by Crippen LogP contribution is -2.32. The first kappa shape index (κ1) is 13.2. The van der Waals surface area contributed by atoms with Gasteiger partial charge in [-0.05, 0) is 30.7 Å². The van der Waals surface area contributed by atoms with E-state index in [0.29, 0.717) is 23.2 Å². The van der Waals surface area contributed by atoms with Gasteiger partial charge in [0.05, 0.1) is 5.02 Å². The second-order valence-electron chi connectivity index (χ2n) is 6.23. The summed E-state index contributed by atoms with van der Waals surface area (Å²) < 4.78 is 0. The second kappa shape index (κ2) is 4.75. The van der Waals surface area contributed by atoms with E-state index in [4.69, 9.17) is 17.3 Å². The van der Waals surface area contributed by atoms with E-state index in [-0.39, 0.29) is 11.9 Å². The van der Waals surface area contributed by atoms with Crippen molar-refractivity contribution in [1.82, 2.24) is 9.88 Å². The highest BCUT2D eigenvalue weighted by molar-refractivity contribution is 6.38. The van der Waals surface area contributed by atoms with Crippen LogP contribution in [0.5, 0.6) is 0 Å². The van der Waals surface area contributed by atoms with E-state index in [0.717, 1.165) is 23.4 Å². The van der Waals surface area contributed by atoms with Gasteiger partial charge in [0.2, 0.25) is 0 Å². The van der Waals surface area contributed by atoms with E-state index < -0.39 is 0 Å².